The van der Waals surface area contributed by atoms with E-state index in [4.69, 9.17) is 5.73 Å². The molecule has 5 heteroatoms. The molecule has 0 aliphatic carbocycles. The van der Waals surface area contributed by atoms with Crippen LogP contribution in [0.15, 0.2) is 42.7 Å². The highest BCUT2D eigenvalue weighted by atomic mass is 16.2. The number of nitrogens with two attached hydrogens (primary N) is 1. The normalized spacial score (nSPS) is 18.1. The first-order valence-corrected chi connectivity index (χ1v) is 9.21. The molecule has 5 nitrogen and oxygen atoms in total. The topological polar surface area (TPSA) is 64.2 Å². The summed E-state index contributed by atoms with van der Waals surface area (Å²) in [6.07, 6.45) is 6.10. The number of carbonyl (C=O) groups excluding carboxylic acids is 1. The minimum atomic E-state index is -0.255. The maximum absolute atomic E-state index is 12.8. The quantitative estimate of drug-likeness (QED) is 0.910. The lowest BCUT2D eigenvalue weighted by Gasteiger charge is -2.34. The van der Waals surface area contributed by atoms with Gasteiger partial charge in [-0.05, 0) is 36.8 Å². The second-order valence-electron chi connectivity index (χ2n) is 6.95. The summed E-state index contributed by atoms with van der Waals surface area (Å²) in [4.78, 5) is 14.8. The number of hydrogen-bond acceptors (Lipinski definition) is 3. The van der Waals surface area contributed by atoms with Gasteiger partial charge in [-0.1, -0.05) is 37.3 Å². The second kappa shape index (κ2) is 7.83. The average molecular weight is 340 g/mol. The Balaban J connectivity index is 1.57. The standard InChI is InChI=1S/C20H28N4O/c1-3-24-14-18(13-22-24)16-9-11-23(12-10-16)20(25)15(2)19(21)17-7-5-4-6-8-17/h4-8,13-16,19H,3,9-12,21H2,1-2H3. The maximum Gasteiger partial charge on any atom is 0.227 e. The van der Waals surface area contributed by atoms with Crippen molar-refractivity contribution >= 4 is 5.91 Å². The highest BCUT2D eigenvalue weighted by Gasteiger charge is 2.30. The van der Waals surface area contributed by atoms with Crippen molar-refractivity contribution in [2.45, 2.75) is 45.2 Å². The molecule has 25 heavy (non-hydrogen) atoms. The van der Waals surface area contributed by atoms with Crippen molar-refractivity contribution in [3.05, 3.63) is 53.9 Å². The van der Waals surface area contributed by atoms with E-state index in [2.05, 4.69) is 18.2 Å². The molecule has 2 atom stereocenters. The fourth-order valence-corrected chi connectivity index (χ4v) is 3.60. The number of carbonyl (C=O) groups is 1. The molecular formula is C20H28N4O. The largest absolute Gasteiger partial charge is 0.342 e. The van der Waals surface area contributed by atoms with Crippen LogP contribution in [0.5, 0.6) is 0 Å². The van der Waals surface area contributed by atoms with E-state index in [1.54, 1.807) is 0 Å². The summed E-state index contributed by atoms with van der Waals surface area (Å²) in [6, 6.07) is 9.63. The van der Waals surface area contributed by atoms with Gasteiger partial charge in [-0.15, -0.1) is 0 Å². The predicted octanol–water partition coefficient (Wildman–Crippen LogP) is 2.95. The summed E-state index contributed by atoms with van der Waals surface area (Å²) in [5.41, 5.74) is 8.64. The molecule has 0 saturated carbocycles. The molecule has 2 N–H and O–H groups in total. The van der Waals surface area contributed by atoms with E-state index in [9.17, 15) is 4.79 Å². The summed E-state index contributed by atoms with van der Waals surface area (Å²) in [6.45, 7) is 6.53. The number of amides is 1. The number of likely N-dealkylation sites (tertiary alicyclic amines) is 1. The van der Waals surface area contributed by atoms with Gasteiger partial charge in [-0.25, -0.2) is 0 Å². The van der Waals surface area contributed by atoms with Crippen molar-refractivity contribution in [2.75, 3.05) is 13.1 Å². The molecule has 1 aromatic heterocycles. The molecule has 1 saturated heterocycles. The minimum Gasteiger partial charge on any atom is -0.342 e. The van der Waals surface area contributed by atoms with E-state index in [-0.39, 0.29) is 17.9 Å². The molecule has 1 fully saturated rings. The van der Waals surface area contributed by atoms with Crippen LogP contribution in [0, 0.1) is 5.92 Å². The first kappa shape index (κ1) is 17.7. The van der Waals surface area contributed by atoms with E-state index in [0.29, 0.717) is 5.92 Å². The van der Waals surface area contributed by atoms with Crippen LogP contribution in [0.2, 0.25) is 0 Å². The Morgan fingerprint density at radius 3 is 2.56 bits per heavy atom. The monoisotopic (exact) mass is 340 g/mol. The number of benzene rings is 1. The summed E-state index contributed by atoms with van der Waals surface area (Å²) in [5, 5.41) is 4.37. The minimum absolute atomic E-state index is 0.166. The van der Waals surface area contributed by atoms with Crippen molar-refractivity contribution in [1.82, 2.24) is 14.7 Å². The summed E-state index contributed by atoms with van der Waals surface area (Å²) in [7, 11) is 0. The summed E-state index contributed by atoms with van der Waals surface area (Å²) in [5.74, 6) is 0.461. The van der Waals surface area contributed by atoms with E-state index < -0.39 is 0 Å². The molecule has 0 spiro atoms. The number of aryl methyl sites for hydroxylation is 1. The fourth-order valence-electron chi connectivity index (χ4n) is 3.60. The van der Waals surface area contributed by atoms with E-state index in [1.165, 1.54) is 5.56 Å². The lowest BCUT2D eigenvalue weighted by Crippen LogP contribution is -2.43. The molecule has 3 rings (SSSR count). The Kier molecular flexibility index (Phi) is 5.53. The van der Waals surface area contributed by atoms with Crippen LogP contribution in [-0.4, -0.2) is 33.7 Å². The molecule has 0 bridgehead atoms. The molecular weight excluding hydrogens is 312 g/mol. The number of nitrogens with zero attached hydrogens (tertiary/aromatic N) is 3. The van der Waals surface area contributed by atoms with Crippen molar-refractivity contribution in [3.63, 3.8) is 0 Å². The Morgan fingerprint density at radius 1 is 1.28 bits per heavy atom. The van der Waals surface area contributed by atoms with Gasteiger partial charge in [0.2, 0.25) is 5.91 Å². The van der Waals surface area contributed by atoms with Crippen molar-refractivity contribution < 1.29 is 4.79 Å². The van der Waals surface area contributed by atoms with Crippen LogP contribution in [0.3, 0.4) is 0 Å². The lowest BCUT2D eigenvalue weighted by atomic mass is 9.89. The summed E-state index contributed by atoms with van der Waals surface area (Å²) >= 11 is 0. The van der Waals surface area contributed by atoms with Crippen LogP contribution in [0.1, 0.15) is 49.8 Å². The number of piperidine rings is 1. The van der Waals surface area contributed by atoms with Gasteiger partial charge >= 0.3 is 0 Å². The van der Waals surface area contributed by atoms with Gasteiger partial charge in [-0.3, -0.25) is 9.48 Å². The Morgan fingerprint density at radius 2 is 1.96 bits per heavy atom. The molecule has 2 unspecified atom stereocenters. The van der Waals surface area contributed by atoms with Crippen molar-refractivity contribution in [2.24, 2.45) is 11.7 Å². The van der Waals surface area contributed by atoms with E-state index >= 15 is 0 Å². The van der Waals surface area contributed by atoms with Crippen molar-refractivity contribution in [3.8, 4) is 0 Å². The molecule has 0 radical (unpaired) electrons. The smallest absolute Gasteiger partial charge is 0.227 e. The van der Waals surface area contributed by atoms with Crippen LogP contribution in [0.25, 0.3) is 0 Å². The zero-order chi connectivity index (χ0) is 17.8. The van der Waals surface area contributed by atoms with Crippen molar-refractivity contribution in [1.29, 1.82) is 0 Å². The van der Waals surface area contributed by atoms with Crippen LogP contribution in [-0.2, 0) is 11.3 Å². The molecule has 1 aromatic carbocycles. The van der Waals surface area contributed by atoms with E-state index in [0.717, 1.165) is 38.0 Å². The number of hydrogen-bond donors (Lipinski definition) is 1. The fraction of sp³-hybridized carbons (Fsp3) is 0.500. The SMILES string of the molecule is CCn1cc(C2CCN(C(=O)C(C)C(N)c3ccccc3)CC2)cn1. The van der Waals surface area contributed by atoms with Gasteiger partial charge in [0.05, 0.1) is 12.1 Å². The van der Waals surface area contributed by atoms with Gasteiger partial charge in [0.25, 0.3) is 0 Å². The first-order valence-electron chi connectivity index (χ1n) is 9.21. The third kappa shape index (κ3) is 3.93. The number of aromatic nitrogens is 2. The average Bonchev–Trinajstić information content (AvgIpc) is 3.16. The second-order valence-corrected chi connectivity index (χ2v) is 6.95. The molecule has 1 amide bonds. The van der Waals surface area contributed by atoms with Crippen LogP contribution >= 0.6 is 0 Å². The highest BCUT2D eigenvalue weighted by molar-refractivity contribution is 5.79. The zero-order valence-electron chi connectivity index (χ0n) is 15.1. The summed E-state index contributed by atoms with van der Waals surface area (Å²) < 4.78 is 1.97. The molecule has 1 aliphatic rings. The Hall–Kier alpha value is -2.14. The van der Waals surface area contributed by atoms with Crippen LogP contribution in [0.4, 0.5) is 0 Å². The van der Waals surface area contributed by atoms with Gasteiger partial charge < -0.3 is 10.6 Å². The third-order valence-electron chi connectivity index (χ3n) is 5.37. The first-order chi connectivity index (χ1) is 12.1. The van der Waals surface area contributed by atoms with Gasteiger partial charge in [0.1, 0.15) is 0 Å². The molecule has 1 aliphatic heterocycles. The maximum atomic E-state index is 12.8. The van der Waals surface area contributed by atoms with Gasteiger partial charge in [-0.2, -0.15) is 5.10 Å². The zero-order valence-corrected chi connectivity index (χ0v) is 15.1. The molecule has 2 heterocycles. The lowest BCUT2D eigenvalue weighted by molar-refractivity contribution is -0.136. The predicted molar refractivity (Wildman–Crippen MR) is 99.0 cm³/mol. The Bertz CT molecular complexity index is 689. The number of rotatable bonds is 5. The van der Waals surface area contributed by atoms with Gasteiger partial charge in [0.15, 0.2) is 0 Å². The van der Waals surface area contributed by atoms with Gasteiger partial charge in [0, 0.05) is 31.9 Å². The van der Waals surface area contributed by atoms with E-state index in [1.807, 2.05) is 53.0 Å². The molecule has 134 valence electrons. The molecule has 2 aromatic rings. The van der Waals surface area contributed by atoms with Crippen LogP contribution < -0.4 is 5.73 Å². The highest BCUT2D eigenvalue weighted by Crippen LogP contribution is 2.29. The Labute approximate surface area is 149 Å². The third-order valence-corrected chi connectivity index (χ3v) is 5.37.